The quantitative estimate of drug-likeness (QED) is 0.946. The van der Waals surface area contributed by atoms with Crippen molar-refractivity contribution in [2.24, 2.45) is 0 Å². The average Bonchev–Trinajstić information content (AvgIpc) is 2.85. The van der Waals surface area contributed by atoms with Gasteiger partial charge in [-0.25, -0.2) is 0 Å². The van der Waals surface area contributed by atoms with E-state index in [-0.39, 0.29) is 23.6 Å². The van der Waals surface area contributed by atoms with Crippen LogP contribution in [-0.4, -0.2) is 39.8 Å². The molecule has 0 spiro atoms. The number of likely N-dealkylation sites (N-methyl/N-ethyl adjacent to an activating group) is 1. The first-order valence-electron chi connectivity index (χ1n) is 6.31. The van der Waals surface area contributed by atoms with Gasteiger partial charge in [-0.3, -0.25) is 9.48 Å². The Balaban J connectivity index is 2.38. The van der Waals surface area contributed by atoms with Gasteiger partial charge in [0.05, 0.1) is 11.8 Å². The lowest BCUT2D eigenvalue weighted by molar-refractivity contribution is -0.137. The van der Waals surface area contributed by atoms with E-state index in [1.807, 2.05) is 0 Å². The summed E-state index contributed by atoms with van der Waals surface area (Å²) >= 11 is 0. The van der Waals surface area contributed by atoms with Crippen LogP contribution >= 0.6 is 0 Å². The summed E-state index contributed by atoms with van der Waals surface area (Å²) in [6, 6.07) is 3.01. The minimum atomic E-state index is -4.60. The highest BCUT2D eigenvalue weighted by molar-refractivity contribution is 5.75. The fourth-order valence-corrected chi connectivity index (χ4v) is 1.89. The minimum absolute atomic E-state index is 0.0631. The van der Waals surface area contributed by atoms with Gasteiger partial charge in [0.15, 0.2) is 0 Å². The molecule has 0 unspecified atom stereocenters. The molecule has 0 saturated heterocycles. The molecule has 0 fully saturated rings. The van der Waals surface area contributed by atoms with Gasteiger partial charge in [0.25, 0.3) is 0 Å². The number of benzene rings is 1. The van der Waals surface area contributed by atoms with Gasteiger partial charge in [0, 0.05) is 25.9 Å². The Morgan fingerprint density at radius 1 is 1.36 bits per heavy atom. The maximum atomic E-state index is 13.0. The summed E-state index contributed by atoms with van der Waals surface area (Å²) in [4.78, 5) is 12.9. The standard InChI is InChI=1S/C14H14F3N3O2/c1-19(2)13(22)8-20-7-9(6-18-20)11-4-3-10(21)5-12(11)14(15,16)17/h3-7,21H,8H2,1-2H3. The van der Waals surface area contributed by atoms with Crippen LogP contribution in [0.15, 0.2) is 30.6 Å². The zero-order valence-corrected chi connectivity index (χ0v) is 11.9. The minimum Gasteiger partial charge on any atom is -0.508 e. The number of halogens is 3. The number of alkyl halides is 3. The lowest BCUT2D eigenvalue weighted by Gasteiger charge is -2.12. The lowest BCUT2D eigenvalue weighted by Crippen LogP contribution is -2.26. The summed E-state index contributed by atoms with van der Waals surface area (Å²) in [6.45, 7) is -0.0631. The van der Waals surface area contributed by atoms with Crippen LogP contribution in [0.5, 0.6) is 5.75 Å². The molecular weight excluding hydrogens is 299 g/mol. The number of rotatable bonds is 3. The fraction of sp³-hybridized carbons (Fsp3) is 0.286. The van der Waals surface area contributed by atoms with Gasteiger partial charge in [-0.2, -0.15) is 18.3 Å². The van der Waals surface area contributed by atoms with Crippen LogP contribution in [0, 0.1) is 0 Å². The molecule has 8 heteroatoms. The number of phenolic OH excluding ortho intramolecular Hbond substituents is 1. The van der Waals surface area contributed by atoms with Crippen LogP contribution in [0.2, 0.25) is 0 Å². The number of amides is 1. The van der Waals surface area contributed by atoms with Crippen molar-refractivity contribution in [3.8, 4) is 16.9 Å². The number of aromatic nitrogens is 2. The van der Waals surface area contributed by atoms with Gasteiger partial charge in [0.2, 0.25) is 5.91 Å². The molecule has 5 nitrogen and oxygen atoms in total. The molecule has 0 saturated carbocycles. The smallest absolute Gasteiger partial charge is 0.417 e. The summed E-state index contributed by atoms with van der Waals surface area (Å²) in [5.41, 5.74) is -0.835. The van der Waals surface area contributed by atoms with E-state index >= 15 is 0 Å². The van der Waals surface area contributed by atoms with Crippen molar-refractivity contribution in [2.45, 2.75) is 12.7 Å². The fourth-order valence-electron chi connectivity index (χ4n) is 1.89. The van der Waals surface area contributed by atoms with Gasteiger partial charge in [-0.05, 0) is 23.8 Å². The third kappa shape index (κ3) is 3.38. The number of aromatic hydroxyl groups is 1. The molecular formula is C14H14F3N3O2. The van der Waals surface area contributed by atoms with Gasteiger partial charge >= 0.3 is 6.18 Å². The SMILES string of the molecule is CN(C)C(=O)Cn1cc(-c2ccc(O)cc2C(F)(F)F)cn1. The van der Waals surface area contributed by atoms with Gasteiger partial charge in [-0.15, -0.1) is 0 Å². The van der Waals surface area contributed by atoms with Crippen molar-refractivity contribution >= 4 is 5.91 Å². The van der Waals surface area contributed by atoms with E-state index in [0.717, 1.165) is 0 Å². The topological polar surface area (TPSA) is 58.4 Å². The molecule has 0 aliphatic rings. The van der Waals surface area contributed by atoms with Crippen molar-refractivity contribution < 1.29 is 23.1 Å². The molecule has 0 aliphatic carbocycles. The molecule has 0 bridgehead atoms. The third-order valence-corrected chi connectivity index (χ3v) is 3.05. The molecule has 22 heavy (non-hydrogen) atoms. The summed E-state index contributed by atoms with van der Waals surface area (Å²) < 4.78 is 40.4. The Morgan fingerprint density at radius 3 is 2.64 bits per heavy atom. The van der Waals surface area contributed by atoms with Crippen LogP contribution in [0.3, 0.4) is 0 Å². The van der Waals surface area contributed by atoms with Crippen LogP contribution in [0.4, 0.5) is 13.2 Å². The molecule has 0 atom stereocenters. The second-order valence-corrected chi connectivity index (χ2v) is 4.94. The van der Waals surface area contributed by atoms with Crippen LogP contribution in [-0.2, 0) is 17.5 Å². The molecule has 1 N–H and O–H groups in total. The highest BCUT2D eigenvalue weighted by atomic mass is 19.4. The van der Waals surface area contributed by atoms with Gasteiger partial charge in [0.1, 0.15) is 12.3 Å². The number of hydrogen-bond acceptors (Lipinski definition) is 3. The number of carbonyl (C=O) groups excluding carboxylic acids is 1. The van der Waals surface area contributed by atoms with Crippen molar-refractivity contribution in [3.63, 3.8) is 0 Å². The molecule has 1 aromatic heterocycles. The van der Waals surface area contributed by atoms with E-state index < -0.39 is 17.5 Å². The third-order valence-electron chi connectivity index (χ3n) is 3.05. The Morgan fingerprint density at radius 2 is 2.05 bits per heavy atom. The lowest BCUT2D eigenvalue weighted by atomic mass is 10.0. The molecule has 2 rings (SSSR count). The molecule has 0 radical (unpaired) electrons. The number of hydrogen-bond donors (Lipinski definition) is 1. The molecule has 0 aliphatic heterocycles. The molecule has 2 aromatic rings. The van der Waals surface area contributed by atoms with Crippen LogP contribution in [0.1, 0.15) is 5.56 Å². The zero-order chi connectivity index (χ0) is 16.5. The largest absolute Gasteiger partial charge is 0.508 e. The van der Waals surface area contributed by atoms with E-state index in [4.69, 9.17) is 0 Å². The van der Waals surface area contributed by atoms with E-state index in [9.17, 15) is 23.1 Å². The Kier molecular flexibility index (Phi) is 4.11. The first-order chi connectivity index (χ1) is 10.2. The van der Waals surface area contributed by atoms with E-state index in [2.05, 4.69) is 5.10 Å². The monoisotopic (exact) mass is 313 g/mol. The second kappa shape index (κ2) is 5.70. The second-order valence-electron chi connectivity index (χ2n) is 4.94. The van der Waals surface area contributed by atoms with Gasteiger partial charge in [-0.1, -0.05) is 0 Å². The highest BCUT2D eigenvalue weighted by Crippen LogP contribution is 2.38. The molecule has 118 valence electrons. The number of phenols is 1. The maximum absolute atomic E-state index is 13.0. The molecule has 1 aromatic carbocycles. The molecule has 1 amide bonds. The van der Waals surface area contributed by atoms with E-state index in [1.54, 1.807) is 14.1 Å². The normalized spacial score (nSPS) is 11.5. The molecule has 1 heterocycles. The Bertz CT molecular complexity index is 693. The van der Waals surface area contributed by atoms with Crippen molar-refractivity contribution in [1.29, 1.82) is 0 Å². The van der Waals surface area contributed by atoms with Gasteiger partial charge < -0.3 is 10.0 Å². The number of nitrogens with zero attached hydrogens (tertiary/aromatic N) is 3. The maximum Gasteiger partial charge on any atom is 0.417 e. The van der Waals surface area contributed by atoms with Crippen LogP contribution < -0.4 is 0 Å². The summed E-state index contributed by atoms with van der Waals surface area (Å²) in [5, 5.41) is 13.2. The van der Waals surface area contributed by atoms with Crippen molar-refractivity contribution in [3.05, 3.63) is 36.2 Å². The predicted octanol–water partition coefficient (Wildman–Crippen LogP) is 2.36. The first kappa shape index (κ1) is 15.9. The summed E-state index contributed by atoms with van der Waals surface area (Å²) in [6.07, 6.45) is -1.98. The zero-order valence-electron chi connectivity index (χ0n) is 11.9. The summed E-state index contributed by atoms with van der Waals surface area (Å²) in [7, 11) is 3.16. The van der Waals surface area contributed by atoms with Crippen molar-refractivity contribution in [2.75, 3.05) is 14.1 Å². The Labute approximate surface area is 124 Å². The van der Waals surface area contributed by atoms with E-state index in [1.165, 1.54) is 34.1 Å². The predicted molar refractivity (Wildman–Crippen MR) is 73.0 cm³/mol. The number of carbonyl (C=O) groups is 1. The first-order valence-corrected chi connectivity index (χ1v) is 6.31. The van der Waals surface area contributed by atoms with Crippen LogP contribution in [0.25, 0.3) is 11.1 Å². The Hall–Kier alpha value is -2.51. The highest BCUT2D eigenvalue weighted by Gasteiger charge is 2.34. The van der Waals surface area contributed by atoms with Crippen molar-refractivity contribution in [1.82, 2.24) is 14.7 Å². The summed E-state index contributed by atoms with van der Waals surface area (Å²) in [5.74, 6) is -0.692. The van der Waals surface area contributed by atoms with E-state index in [0.29, 0.717) is 6.07 Å². The average molecular weight is 313 g/mol.